The Labute approximate surface area is 284 Å². The van der Waals surface area contributed by atoms with Crippen molar-refractivity contribution >= 4 is 49.7 Å². The highest BCUT2D eigenvalue weighted by atomic mass is 31.2. The van der Waals surface area contributed by atoms with Crippen molar-refractivity contribution in [3.63, 3.8) is 0 Å². The first-order chi connectivity index (χ1) is 24.4. The van der Waals surface area contributed by atoms with Crippen LogP contribution in [0.1, 0.15) is 12.5 Å². The van der Waals surface area contributed by atoms with Crippen LogP contribution >= 0.6 is 15.6 Å². The third kappa shape index (κ3) is 7.14. The first kappa shape index (κ1) is 35.9. The van der Waals surface area contributed by atoms with Crippen molar-refractivity contribution in [3.05, 3.63) is 29.3 Å². The number of hydrogen-bond donors (Lipinski definition) is 7. The monoisotopic (exact) mass is 762 g/mol. The van der Waals surface area contributed by atoms with Gasteiger partial charge in [0.1, 0.15) is 48.5 Å². The number of aliphatic hydroxyl groups is 2. The summed E-state index contributed by atoms with van der Waals surface area (Å²) in [5.41, 5.74) is 11.0. The van der Waals surface area contributed by atoms with Gasteiger partial charge in [-0.1, -0.05) is 0 Å². The lowest BCUT2D eigenvalue weighted by Crippen LogP contribution is -2.39. The van der Waals surface area contributed by atoms with Gasteiger partial charge < -0.3 is 50.4 Å². The third-order valence-corrected chi connectivity index (χ3v) is 10.0. The highest BCUT2D eigenvalue weighted by Gasteiger charge is 2.54. The number of aromatic amines is 1. The molecule has 278 valence electrons. The van der Waals surface area contributed by atoms with Crippen LogP contribution in [0.4, 0.5) is 11.8 Å². The van der Waals surface area contributed by atoms with Crippen LogP contribution in [0.5, 0.6) is 0 Å². The van der Waals surface area contributed by atoms with E-state index in [2.05, 4.69) is 29.9 Å². The fourth-order valence-corrected chi connectivity index (χ4v) is 7.78. The number of ether oxygens (including phenoxy) is 4. The lowest BCUT2D eigenvalue weighted by atomic mass is 10.1. The standard InChI is InChI=1S/C24H32N10O15P2/c25-18-12-19(28-7-27-18)33(8-29-12)22-14(36)15-10(46-22)5-44-51(40,41)49-17-16(43-4-3-42-2-1-35)11(6-45-50(38,39)48-15)47-23(17)34-9-30-13-20(34)31-24(26)32-21(13)37/h7-11,14-17,22-23,35-36H,1-6H2,(H,38,39)(H,40,41)(H2,25,27,28)(H3,26,31,32,37)/t10-,11-,14?,15?,16?,17?,22-,23-/m1/s1. The smallest absolute Gasteiger partial charge is 0.394 e. The van der Waals surface area contributed by atoms with Crippen LogP contribution in [0.15, 0.2) is 23.8 Å². The number of hydrogen-bond acceptors (Lipinski definition) is 20. The van der Waals surface area contributed by atoms with E-state index in [-0.39, 0.29) is 60.5 Å². The molecule has 0 radical (unpaired) electrons. The SMILES string of the molecule is Nc1nc2c(ncn2[C@@H]2O[C@@H]3COP(=O)(O)OC4C(O)[C@H](n5cnc6c(N)ncnc65)O[C@@H]4COP(=O)(O)OC2C3OCCOCCO)c(=O)[nH]1. The van der Waals surface area contributed by atoms with Gasteiger partial charge in [0.05, 0.1) is 52.3 Å². The molecular formula is C24H32N10O15P2. The molecule has 51 heavy (non-hydrogen) atoms. The van der Waals surface area contributed by atoms with Crippen LogP contribution in [0.25, 0.3) is 22.3 Å². The Morgan fingerprint density at radius 3 is 2.29 bits per heavy atom. The van der Waals surface area contributed by atoms with E-state index in [9.17, 15) is 28.8 Å². The average Bonchev–Trinajstić information content (AvgIpc) is 3.84. The molecule has 3 fully saturated rings. The maximum Gasteiger partial charge on any atom is 0.472 e. The number of rotatable bonds is 8. The van der Waals surface area contributed by atoms with E-state index >= 15 is 0 Å². The summed E-state index contributed by atoms with van der Waals surface area (Å²) in [6.45, 7) is -2.08. The summed E-state index contributed by atoms with van der Waals surface area (Å²) in [6.07, 6.45) is -8.43. The second-order valence-electron chi connectivity index (χ2n) is 11.3. The second-order valence-corrected chi connectivity index (χ2v) is 14.1. The van der Waals surface area contributed by atoms with E-state index in [1.807, 2.05) is 0 Å². The molecule has 10 atom stereocenters. The van der Waals surface area contributed by atoms with Crippen molar-refractivity contribution in [3.8, 4) is 0 Å². The zero-order valence-electron chi connectivity index (χ0n) is 26.1. The van der Waals surface area contributed by atoms with Crippen molar-refractivity contribution in [2.45, 2.75) is 49.1 Å². The number of anilines is 2. The highest BCUT2D eigenvalue weighted by molar-refractivity contribution is 7.47. The largest absolute Gasteiger partial charge is 0.472 e. The number of fused-ring (bicyclic) bond motifs is 5. The minimum Gasteiger partial charge on any atom is -0.394 e. The van der Waals surface area contributed by atoms with Crippen molar-refractivity contribution in [1.82, 2.24) is 39.0 Å². The molecule has 0 aromatic carbocycles. The molecule has 7 rings (SSSR count). The Bertz CT molecular complexity index is 2050. The third-order valence-electron chi connectivity index (χ3n) is 8.07. The zero-order valence-corrected chi connectivity index (χ0v) is 27.8. The molecule has 6 unspecified atom stereocenters. The molecule has 3 aliphatic rings. The Balaban J connectivity index is 1.21. The lowest BCUT2D eigenvalue weighted by Gasteiger charge is -2.27. The van der Waals surface area contributed by atoms with Crippen molar-refractivity contribution < 1.29 is 66.2 Å². The summed E-state index contributed by atoms with van der Waals surface area (Å²) in [6, 6.07) is 0. The van der Waals surface area contributed by atoms with Crippen LogP contribution in [0, 0.1) is 0 Å². The highest BCUT2D eigenvalue weighted by Crippen LogP contribution is 2.54. The van der Waals surface area contributed by atoms with Crippen LogP contribution in [-0.2, 0) is 46.2 Å². The Morgan fingerprint density at radius 1 is 0.882 bits per heavy atom. The fraction of sp³-hybridized carbons (Fsp3) is 0.583. The van der Waals surface area contributed by atoms with Gasteiger partial charge in [0.2, 0.25) is 5.95 Å². The second kappa shape index (κ2) is 14.1. The number of nitrogens with two attached hydrogens (primary N) is 2. The molecule has 27 heteroatoms. The summed E-state index contributed by atoms with van der Waals surface area (Å²) in [5.74, 6) is -0.244. The summed E-state index contributed by atoms with van der Waals surface area (Å²) < 4.78 is 74.3. The molecule has 0 spiro atoms. The van der Waals surface area contributed by atoms with Gasteiger partial charge in [-0.05, 0) is 0 Å². The average molecular weight is 763 g/mol. The zero-order chi connectivity index (χ0) is 36.1. The molecular weight excluding hydrogens is 730 g/mol. The molecule has 2 bridgehead atoms. The van der Waals surface area contributed by atoms with E-state index in [0.29, 0.717) is 0 Å². The molecule has 25 nitrogen and oxygen atoms in total. The minimum absolute atomic E-state index is 0.0110. The number of imidazole rings is 2. The predicted molar refractivity (Wildman–Crippen MR) is 165 cm³/mol. The summed E-state index contributed by atoms with van der Waals surface area (Å²) in [5, 5.41) is 20.3. The molecule has 3 aliphatic heterocycles. The van der Waals surface area contributed by atoms with Gasteiger partial charge in [-0.2, -0.15) is 4.98 Å². The molecule has 3 saturated heterocycles. The van der Waals surface area contributed by atoms with Crippen molar-refractivity contribution in [1.29, 1.82) is 0 Å². The normalized spacial score (nSPS) is 34.7. The summed E-state index contributed by atoms with van der Waals surface area (Å²) in [4.78, 5) is 56.9. The summed E-state index contributed by atoms with van der Waals surface area (Å²) >= 11 is 0. The number of nitrogens with one attached hydrogen (secondary N) is 1. The number of aliphatic hydroxyl groups excluding tert-OH is 2. The number of nitrogens with zero attached hydrogens (tertiary/aromatic N) is 7. The van der Waals surface area contributed by atoms with Gasteiger partial charge in [0.25, 0.3) is 5.56 Å². The maximum absolute atomic E-state index is 13.6. The van der Waals surface area contributed by atoms with Gasteiger partial charge in [-0.25, -0.2) is 29.1 Å². The van der Waals surface area contributed by atoms with Gasteiger partial charge in [0.15, 0.2) is 35.1 Å². The molecule has 0 amide bonds. The topological polar surface area (TPSA) is 348 Å². The lowest BCUT2D eigenvalue weighted by molar-refractivity contribution is -0.0733. The fourth-order valence-electron chi connectivity index (χ4n) is 5.89. The number of H-pyrrole nitrogens is 1. The van der Waals surface area contributed by atoms with Gasteiger partial charge in [-0.3, -0.25) is 37.0 Å². The van der Waals surface area contributed by atoms with Crippen molar-refractivity contribution in [2.24, 2.45) is 0 Å². The van der Waals surface area contributed by atoms with Crippen LogP contribution in [0.3, 0.4) is 0 Å². The number of phosphoric acid groups is 2. The van der Waals surface area contributed by atoms with Crippen molar-refractivity contribution in [2.75, 3.05) is 51.1 Å². The van der Waals surface area contributed by atoms with Crippen LogP contribution in [-0.4, -0.2) is 135 Å². The Hall–Kier alpha value is -3.52. The minimum atomic E-state index is -5.15. The van der Waals surface area contributed by atoms with Crippen LogP contribution in [0.2, 0.25) is 0 Å². The molecule has 0 saturated carbocycles. The first-order valence-corrected chi connectivity index (χ1v) is 18.1. The molecule has 4 aromatic rings. The maximum atomic E-state index is 13.6. The Kier molecular flexibility index (Phi) is 9.94. The van der Waals surface area contributed by atoms with E-state index in [1.165, 1.54) is 15.5 Å². The number of aromatic nitrogens is 8. The van der Waals surface area contributed by atoms with E-state index < -0.39 is 83.5 Å². The van der Waals surface area contributed by atoms with E-state index in [0.717, 1.165) is 12.7 Å². The molecule has 7 heterocycles. The van der Waals surface area contributed by atoms with Gasteiger partial charge >= 0.3 is 15.6 Å². The predicted octanol–water partition coefficient (Wildman–Crippen LogP) is -2.31. The molecule has 0 aliphatic carbocycles. The summed E-state index contributed by atoms with van der Waals surface area (Å²) in [7, 11) is -10.3. The first-order valence-electron chi connectivity index (χ1n) is 15.1. The van der Waals surface area contributed by atoms with E-state index in [1.54, 1.807) is 0 Å². The number of nitrogen functional groups attached to an aromatic ring is 2. The quantitative estimate of drug-likeness (QED) is 0.0732. The van der Waals surface area contributed by atoms with Gasteiger partial charge in [0, 0.05) is 0 Å². The molecule has 4 aromatic heterocycles. The van der Waals surface area contributed by atoms with Crippen LogP contribution < -0.4 is 17.0 Å². The van der Waals surface area contributed by atoms with Gasteiger partial charge in [-0.15, -0.1) is 0 Å². The van der Waals surface area contributed by atoms with E-state index in [4.69, 9.17) is 53.6 Å². The number of phosphoric ester groups is 2. The Morgan fingerprint density at radius 2 is 1.55 bits per heavy atom. The molecule has 9 N–H and O–H groups in total.